The Bertz CT molecular complexity index is 2570. The van der Waals surface area contributed by atoms with Gasteiger partial charge in [-0.2, -0.15) is 0 Å². The van der Waals surface area contributed by atoms with Crippen LogP contribution in [0.5, 0.6) is 0 Å². The minimum atomic E-state index is -3.53. The zero-order valence-electron chi connectivity index (χ0n) is 45.5. The van der Waals surface area contributed by atoms with E-state index in [0.717, 1.165) is 62.1 Å². The molecule has 8 nitrogen and oxygen atoms in total. The van der Waals surface area contributed by atoms with Crippen molar-refractivity contribution in [2.75, 3.05) is 69.7 Å². The number of carbonyl (C=O) groups is 2. The first-order valence-corrected chi connectivity index (χ1v) is 17.8. The molecule has 0 spiro atoms. The number of rotatable bonds is 16. The van der Waals surface area contributed by atoms with Gasteiger partial charge in [0.2, 0.25) is 0 Å². The van der Waals surface area contributed by atoms with E-state index < -0.39 is 126 Å². The minimum absolute atomic E-state index is 0.0659. The van der Waals surface area contributed by atoms with E-state index in [4.69, 9.17) is 43.0 Å². The predicted octanol–water partition coefficient (Wildman–Crippen LogP) is 6.47. The number of nitrogens with zero attached hydrogens (tertiary/aromatic N) is 2. The molecule has 1 amide bonds. The summed E-state index contributed by atoms with van der Waals surface area (Å²) in [6.07, 6.45) is -7.58. The predicted molar refractivity (Wildman–Crippen MR) is 202 cm³/mol. The second-order valence-corrected chi connectivity index (χ2v) is 13.4. The molecule has 2 fully saturated rings. The van der Waals surface area contributed by atoms with E-state index in [2.05, 4.69) is 5.32 Å². The number of allylic oxidation sites excluding steroid dienone is 5. The first-order valence-electron chi connectivity index (χ1n) is 25.3. The van der Waals surface area contributed by atoms with Gasteiger partial charge in [-0.15, -0.1) is 11.6 Å². The van der Waals surface area contributed by atoms with E-state index in [1.54, 1.807) is 0 Å². The normalized spacial score (nSPS) is 29.4. The van der Waals surface area contributed by atoms with Gasteiger partial charge in [0.15, 0.2) is 17.3 Å². The third-order valence-corrected chi connectivity index (χ3v) is 9.55. The summed E-state index contributed by atoms with van der Waals surface area (Å²) in [5, 5.41) is 15.0. The Kier molecular flexibility index (Phi) is 7.82. The Balaban J connectivity index is 1.55. The number of benzene rings is 2. The molecule has 0 bridgehead atoms. The highest BCUT2D eigenvalue weighted by atomic mass is 35.5. The molecule has 2 aromatic rings. The number of nitrogens with one attached hydrogen (secondary N) is 1. The molecule has 4 aliphatic rings. The quantitative estimate of drug-likeness (QED) is 0.0910. The molecule has 54 heavy (non-hydrogen) atoms. The van der Waals surface area contributed by atoms with Crippen molar-refractivity contribution in [3.05, 3.63) is 92.8 Å². The molecule has 0 atom stereocenters. The van der Waals surface area contributed by atoms with Crippen molar-refractivity contribution in [2.24, 2.45) is 0 Å². The molecule has 12 heteroatoms. The molecule has 0 unspecified atom stereocenters. The highest BCUT2D eigenvalue weighted by Gasteiger charge is 2.42. The molecule has 0 aromatic heterocycles. The number of amides is 1. The number of ether oxygens (including phenoxy) is 2. The van der Waals surface area contributed by atoms with E-state index in [0.29, 0.717) is 12.5 Å². The van der Waals surface area contributed by atoms with E-state index >= 15 is 13.2 Å². The van der Waals surface area contributed by atoms with Gasteiger partial charge in [-0.25, -0.2) is 17.7 Å². The molecule has 2 aliphatic carbocycles. The Morgan fingerprint density at radius 2 is 1.61 bits per heavy atom. The molecule has 290 valence electrons. The lowest BCUT2D eigenvalue weighted by Crippen LogP contribution is -2.34. The van der Waals surface area contributed by atoms with Crippen molar-refractivity contribution >= 4 is 40.4 Å². The van der Waals surface area contributed by atoms with Gasteiger partial charge in [0.25, 0.3) is 5.91 Å². The maximum absolute atomic E-state index is 17.4. The summed E-state index contributed by atoms with van der Waals surface area (Å²) in [4.78, 5) is 26.6. The Labute approximate surface area is 342 Å². The summed E-state index contributed by atoms with van der Waals surface area (Å²) in [6.45, 7) is -10.9. The fourth-order valence-corrected chi connectivity index (χ4v) is 6.80. The second kappa shape index (κ2) is 17.7. The molecule has 6 rings (SSSR count). The zero-order valence-corrected chi connectivity index (χ0v) is 30.2. The number of halogens is 4. The Morgan fingerprint density at radius 1 is 0.926 bits per heavy atom. The summed E-state index contributed by atoms with van der Waals surface area (Å²) in [6, 6.07) is 3.01. The van der Waals surface area contributed by atoms with Crippen LogP contribution in [0.3, 0.4) is 0 Å². The maximum atomic E-state index is 17.4. The average Bonchev–Trinajstić information content (AvgIpc) is 3.37. The van der Waals surface area contributed by atoms with Gasteiger partial charge in [-0.05, 0) is 66.1 Å². The average molecular weight is 784 g/mol. The Morgan fingerprint density at radius 3 is 2.31 bits per heavy atom. The number of hydrogen-bond donors (Lipinski definition) is 1. The lowest BCUT2D eigenvalue weighted by molar-refractivity contribution is -0.504. The molecular formula is C42H49ClF3N3O5. The van der Waals surface area contributed by atoms with Crippen LogP contribution >= 0.6 is 11.6 Å². The lowest BCUT2D eigenvalue weighted by atomic mass is 9.64. The summed E-state index contributed by atoms with van der Waals surface area (Å²) < 4.78 is 197. The molecule has 2 aliphatic heterocycles. The maximum Gasteiger partial charge on any atom is 0.257 e. The van der Waals surface area contributed by atoms with Gasteiger partial charge in [-0.1, -0.05) is 32.8 Å². The van der Waals surface area contributed by atoms with Gasteiger partial charge in [0.05, 0.1) is 25.8 Å². The standard InChI is InChI=1S/C42H49ClF3N3O5/c1-42(2)31-25-27(48-17-6-7-18-48)11-13-29(31)33(30-14-12-28(26-32(30)42)49-19-8-9-20-49)34-35(41(51)52)38(45)39(46)36(37(34)44)40(50)47-16-22-54-24-23-53-21-10-4-3-5-15-43/h11-14,25-26H,3-10,15-24H2,1-2H3,(H-,47,50,51,52)/i6D2,7D2,8D2,9D2,17D2,18D2,19D2,20D2. The van der Waals surface area contributed by atoms with Crippen LogP contribution in [0.1, 0.15) is 124 Å². The van der Waals surface area contributed by atoms with Crippen molar-refractivity contribution in [2.45, 2.75) is 70.4 Å². The monoisotopic (exact) mass is 783 g/mol. The molecule has 2 aromatic carbocycles. The SMILES string of the molecule is [2H]C1([2H])N(c2ccc3c(c2)C(C)(C)C2=CC(=[N+]4C([2H])([2H])C([2H])([2H])C([2H])([2H])C4([2H])[2H])C=CC2=C3c2c(F)c(C(=O)NCCOCCOCCCCCCCl)c(F)c(F)c2C(=O)[O-])C([2H])([2H])C([2H])([2H])C1([2H])[2H]. The summed E-state index contributed by atoms with van der Waals surface area (Å²) in [5.41, 5.74) is -8.97. The molecule has 1 N–H and O–H groups in total. The van der Waals surface area contributed by atoms with Gasteiger partial charge >= 0.3 is 0 Å². The zero-order chi connectivity index (χ0) is 52.7. The number of aromatic carboxylic acids is 1. The van der Waals surface area contributed by atoms with Gasteiger partial charge in [0, 0.05) is 101 Å². The van der Waals surface area contributed by atoms with Crippen LogP contribution < -0.4 is 15.3 Å². The van der Waals surface area contributed by atoms with E-state index in [-0.39, 0.29) is 51.6 Å². The minimum Gasteiger partial charge on any atom is -0.545 e. The molecule has 0 saturated carbocycles. The molecule has 0 radical (unpaired) electrons. The fourth-order valence-electron chi connectivity index (χ4n) is 6.61. The second-order valence-electron chi connectivity index (χ2n) is 13.0. The van der Waals surface area contributed by atoms with Crippen molar-refractivity contribution in [1.82, 2.24) is 5.32 Å². The number of unbranched alkanes of at least 4 members (excludes halogenated alkanes) is 3. The number of carboxylic acid groups (broad SMARTS) is 1. The summed E-state index contributed by atoms with van der Waals surface area (Å²) in [7, 11) is 0. The van der Waals surface area contributed by atoms with Crippen LogP contribution in [0.25, 0.3) is 5.57 Å². The number of alkyl halides is 1. The van der Waals surface area contributed by atoms with E-state index in [1.165, 1.54) is 13.8 Å². The summed E-state index contributed by atoms with van der Waals surface area (Å²) >= 11 is 5.67. The van der Waals surface area contributed by atoms with Crippen LogP contribution in [0, 0.1) is 17.5 Å². The van der Waals surface area contributed by atoms with Crippen molar-refractivity contribution < 1.29 is 63.8 Å². The van der Waals surface area contributed by atoms with Crippen molar-refractivity contribution in [3.63, 3.8) is 0 Å². The number of hydrogen-bond acceptors (Lipinski definition) is 6. The topological polar surface area (TPSA) is 93.9 Å². The smallest absolute Gasteiger partial charge is 0.257 e. The van der Waals surface area contributed by atoms with Crippen molar-refractivity contribution in [1.29, 1.82) is 0 Å². The van der Waals surface area contributed by atoms with E-state index in [9.17, 15) is 14.7 Å². The van der Waals surface area contributed by atoms with Crippen molar-refractivity contribution in [3.8, 4) is 0 Å². The fraction of sp³-hybridized carbons (Fsp3) is 0.500. The molecule has 2 saturated heterocycles. The van der Waals surface area contributed by atoms with Crippen LogP contribution in [0.2, 0.25) is 0 Å². The first-order chi connectivity index (χ1) is 32.1. The first kappa shape index (κ1) is 23.9. The van der Waals surface area contributed by atoms with Crippen LogP contribution in [0.4, 0.5) is 18.9 Å². The number of carboxylic acids is 1. The van der Waals surface area contributed by atoms with Gasteiger partial charge in [-0.3, -0.25) is 4.79 Å². The molecule has 2 heterocycles. The molecular weight excluding hydrogens is 719 g/mol. The van der Waals surface area contributed by atoms with Crippen LogP contribution in [0.15, 0.2) is 47.6 Å². The largest absolute Gasteiger partial charge is 0.545 e. The summed E-state index contributed by atoms with van der Waals surface area (Å²) in [5.74, 6) is -9.92. The lowest BCUT2D eigenvalue weighted by Gasteiger charge is -2.40. The van der Waals surface area contributed by atoms with Crippen LogP contribution in [-0.2, 0) is 14.9 Å². The van der Waals surface area contributed by atoms with Crippen LogP contribution in [-0.4, -0.2) is 87.0 Å². The third kappa shape index (κ3) is 8.19. The highest BCUT2D eigenvalue weighted by Crippen LogP contribution is 2.52. The highest BCUT2D eigenvalue weighted by molar-refractivity contribution is 6.17. The number of anilines is 1. The number of fused-ring (bicyclic) bond motifs is 2. The van der Waals surface area contributed by atoms with Gasteiger partial charge in [0.1, 0.15) is 29.9 Å². The van der Waals surface area contributed by atoms with E-state index in [1.807, 2.05) is 0 Å². The van der Waals surface area contributed by atoms with Gasteiger partial charge < -0.3 is 29.6 Å². The third-order valence-electron chi connectivity index (χ3n) is 9.28. The number of carbonyl (C=O) groups excluding carboxylic acids is 2. The Hall–Kier alpha value is -3.93.